The molecule has 0 atom stereocenters. The summed E-state index contributed by atoms with van der Waals surface area (Å²) in [6.07, 6.45) is 1.16. The van der Waals surface area contributed by atoms with E-state index in [9.17, 15) is 18.8 Å². The van der Waals surface area contributed by atoms with Crippen LogP contribution in [0.3, 0.4) is 0 Å². The molecule has 6 heteroatoms. The van der Waals surface area contributed by atoms with Crippen molar-refractivity contribution in [3.63, 3.8) is 0 Å². The highest BCUT2D eigenvalue weighted by molar-refractivity contribution is 9.10. The summed E-state index contributed by atoms with van der Waals surface area (Å²) in [6.45, 7) is 1.84. The molecule has 1 N–H and O–H groups in total. The topological polar surface area (TPSA) is 78.2 Å². The highest BCUT2D eigenvalue weighted by Crippen LogP contribution is 2.27. The second-order valence-electron chi connectivity index (χ2n) is 4.64. The molecule has 0 bridgehead atoms. The molecular weight excluding hydrogens is 366 g/mol. The van der Waals surface area contributed by atoms with Gasteiger partial charge in [-0.25, -0.2) is 8.42 Å². The first-order valence-corrected chi connectivity index (χ1v) is 8.54. The molecule has 2 aromatic rings. The number of halogens is 1. The van der Waals surface area contributed by atoms with Crippen LogP contribution in [0, 0.1) is 18.3 Å². The molecule has 0 fully saturated rings. The number of nitriles is 1. The highest BCUT2D eigenvalue weighted by Gasteiger charge is 2.21. The molecule has 2 aromatic carbocycles. The van der Waals surface area contributed by atoms with Gasteiger partial charge in [0.1, 0.15) is 16.7 Å². The Morgan fingerprint density at radius 1 is 1.23 bits per heavy atom. The third-order valence-electron chi connectivity index (χ3n) is 3.01. The minimum absolute atomic E-state index is 0.0420. The molecule has 0 saturated heterocycles. The average Bonchev–Trinajstić information content (AvgIpc) is 2.48. The fraction of sp³-hybridized carbons (Fsp3) is 0.0625. The van der Waals surface area contributed by atoms with Gasteiger partial charge in [-0.2, -0.15) is 5.26 Å². The Labute approximate surface area is 137 Å². The molecule has 2 rings (SSSR count). The van der Waals surface area contributed by atoms with Crippen LogP contribution in [0.4, 0.5) is 0 Å². The monoisotopic (exact) mass is 377 g/mol. The molecule has 0 aromatic heterocycles. The van der Waals surface area contributed by atoms with Crippen molar-refractivity contribution >= 4 is 31.8 Å². The molecule has 0 heterocycles. The van der Waals surface area contributed by atoms with E-state index in [2.05, 4.69) is 15.9 Å². The molecule has 0 amide bonds. The Morgan fingerprint density at radius 2 is 1.86 bits per heavy atom. The van der Waals surface area contributed by atoms with Gasteiger partial charge in [0.15, 0.2) is 0 Å². The van der Waals surface area contributed by atoms with Gasteiger partial charge < -0.3 is 5.11 Å². The normalized spacial score (nSPS) is 12.0. The lowest BCUT2D eigenvalue weighted by atomic mass is 10.2. The molecule has 0 unspecified atom stereocenters. The third-order valence-corrected chi connectivity index (χ3v) is 5.18. The first-order valence-electron chi connectivity index (χ1n) is 6.26. The van der Waals surface area contributed by atoms with Crippen molar-refractivity contribution in [3.8, 4) is 11.8 Å². The fourth-order valence-corrected chi connectivity index (χ4v) is 3.33. The maximum Gasteiger partial charge on any atom is 0.216 e. The van der Waals surface area contributed by atoms with Crippen LogP contribution in [0.1, 0.15) is 11.1 Å². The SMILES string of the molecule is Cc1ccc(S(=O)(=O)C(C#N)=Cc2cc(Br)ccc2O)cc1. The second kappa shape index (κ2) is 6.34. The van der Waals surface area contributed by atoms with Crippen molar-refractivity contribution in [2.24, 2.45) is 0 Å². The molecule has 0 aliphatic carbocycles. The van der Waals surface area contributed by atoms with Crippen molar-refractivity contribution in [2.45, 2.75) is 11.8 Å². The van der Waals surface area contributed by atoms with Crippen LogP contribution in [0.2, 0.25) is 0 Å². The molecule has 4 nitrogen and oxygen atoms in total. The predicted molar refractivity (Wildman–Crippen MR) is 87.8 cm³/mol. The lowest BCUT2D eigenvalue weighted by Gasteiger charge is -2.05. The zero-order chi connectivity index (χ0) is 16.3. The molecule has 0 aliphatic heterocycles. The summed E-state index contributed by atoms with van der Waals surface area (Å²) >= 11 is 3.24. The fourth-order valence-electron chi connectivity index (χ4n) is 1.80. The molecule has 0 saturated carbocycles. The summed E-state index contributed by atoms with van der Waals surface area (Å²) in [6, 6.07) is 12.5. The standard InChI is InChI=1S/C16H12BrNO3S/c1-11-2-5-14(6-3-11)22(20,21)15(10-18)9-12-8-13(17)4-7-16(12)19/h2-9,19H,1H3. The number of aromatic hydroxyl groups is 1. The maximum absolute atomic E-state index is 12.5. The number of benzene rings is 2. The van der Waals surface area contributed by atoms with E-state index in [1.165, 1.54) is 24.3 Å². The van der Waals surface area contributed by atoms with Crippen LogP contribution in [-0.2, 0) is 9.84 Å². The van der Waals surface area contributed by atoms with Crippen molar-refractivity contribution in [2.75, 3.05) is 0 Å². The molecule has 0 spiro atoms. The summed E-state index contributed by atoms with van der Waals surface area (Å²) < 4.78 is 25.7. The van der Waals surface area contributed by atoms with Gasteiger partial charge in [0.2, 0.25) is 9.84 Å². The van der Waals surface area contributed by atoms with Gasteiger partial charge in [-0.1, -0.05) is 33.6 Å². The van der Waals surface area contributed by atoms with Gasteiger partial charge in [0, 0.05) is 10.0 Å². The first kappa shape index (κ1) is 16.3. The molecule has 112 valence electrons. The van der Waals surface area contributed by atoms with Crippen LogP contribution < -0.4 is 0 Å². The van der Waals surface area contributed by atoms with Gasteiger partial charge >= 0.3 is 0 Å². The van der Waals surface area contributed by atoms with Gasteiger partial charge in [-0.3, -0.25) is 0 Å². The second-order valence-corrected chi connectivity index (χ2v) is 7.47. The van der Waals surface area contributed by atoms with E-state index in [0.29, 0.717) is 4.47 Å². The average molecular weight is 378 g/mol. The van der Waals surface area contributed by atoms with Crippen LogP contribution in [0.25, 0.3) is 6.08 Å². The number of aryl methyl sites for hydroxylation is 1. The van der Waals surface area contributed by atoms with E-state index in [1.54, 1.807) is 24.3 Å². The van der Waals surface area contributed by atoms with Crippen molar-refractivity contribution in [1.29, 1.82) is 5.26 Å². The summed E-state index contributed by atoms with van der Waals surface area (Å²) in [5.41, 5.74) is 1.17. The minimum atomic E-state index is -3.92. The van der Waals surface area contributed by atoms with Crippen LogP contribution in [0.5, 0.6) is 5.75 Å². The molecule has 0 aliphatic rings. The van der Waals surface area contributed by atoms with E-state index >= 15 is 0 Å². The number of nitrogens with zero attached hydrogens (tertiary/aromatic N) is 1. The number of sulfone groups is 1. The summed E-state index contributed by atoms with van der Waals surface area (Å²) in [4.78, 5) is -0.384. The van der Waals surface area contributed by atoms with E-state index < -0.39 is 14.7 Å². The van der Waals surface area contributed by atoms with E-state index in [4.69, 9.17) is 0 Å². The number of rotatable bonds is 3. The van der Waals surface area contributed by atoms with Gasteiger partial charge in [0.05, 0.1) is 4.90 Å². The maximum atomic E-state index is 12.5. The van der Waals surface area contributed by atoms with Gasteiger partial charge in [0.25, 0.3) is 0 Å². The molecule has 0 radical (unpaired) electrons. The first-order chi connectivity index (χ1) is 10.3. The zero-order valence-corrected chi connectivity index (χ0v) is 14.0. The number of hydrogen-bond acceptors (Lipinski definition) is 4. The van der Waals surface area contributed by atoms with Crippen molar-refractivity contribution < 1.29 is 13.5 Å². The summed E-state index contributed by atoms with van der Waals surface area (Å²) in [5, 5.41) is 19.0. The van der Waals surface area contributed by atoms with Gasteiger partial charge in [-0.15, -0.1) is 0 Å². The summed E-state index contributed by atoms with van der Waals surface area (Å²) in [7, 11) is -3.92. The molecule has 22 heavy (non-hydrogen) atoms. The van der Waals surface area contributed by atoms with Crippen molar-refractivity contribution in [3.05, 3.63) is 63.0 Å². The lowest BCUT2D eigenvalue weighted by Crippen LogP contribution is -2.03. The smallest absolute Gasteiger partial charge is 0.216 e. The Hall–Kier alpha value is -2.10. The summed E-state index contributed by atoms with van der Waals surface area (Å²) in [5.74, 6) is -0.102. The van der Waals surface area contributed by atoms with E-state index in [-0.39, 0.29) is 16.2 Å². The number of phenols is 1. The zero-order valence-electron chi connectivity index (χ0n) is 11.6. The minimum Gasteiger partial charge on any atom is -0.507 e. The van der Waals surface area contributed by atoms with Crippen LogP contribution in [-0.4, -0.2) is 13.5 Å². The predicted octanol–water partition coefficient (Wildman–Crippen LogP) is 3.80. The Kier molecular flexibility index (Phi) is 4.69. The third kappa shape index (κ3) is 3.38. The van der Waals surface area contributed by atoms with E-state index in [1.807, 2.05) is 6.92 Å². The van der Waals surface area contributed by atoms with E-state index in [0.717, 1.165) is 11.6 Å². The molecular formula is C16H12BrNO3S. The van der Waals surface area contributed by atoms with Gasteiger partial charge in [-0.05, 0) is 43.3 Å². The van der Waals surface area contributed by atoms with Crippen LogP contribution >= 0.6 is 15.9 Å². The quantitative estimate of drug-likeness (QED) is 0.824. The Balaban J connectivity index is 2.56. The Bertz CT molecular complexity index is 879. The van der Waals surface area contributed by atoms with Crippen LogP contribution in [0.15, 0.2) is 56.7 Å². The number of hydrogen-bond donors (Lipinski definition) is 1. The Morgan fingerprint density at radius 3 is 2.45 bits per heavy atom. The van der Waals surface area contributed by atoms with Crippen molar-refractivity contribution in [1.82, 2.24) is 0 Å². The lowest BCUT2D eigenvalue weighted by molar-refractivity contribution is 0.474. The number of allylic oxidation sites excluding steroid dienone is 1. The highest BCUT2D eigenvalue weighted by atomic mass is 79.9. The largest absolute Gasteiger partial charge is 0.507 e. The number of phenolic OH excluding ortho intramolecular Hbond substituents is 1.